The molecule has 7 nitrogen and oxygen atoms in total. The molecule has 2 heterocycles. The van der Waals surface area contributed by atoms with E-state index in [1.807, 2.05) is 5.38 Å². The Morgan fingerprint density at radius 3 is 2.81 bits per heavy atom. The predicted molar refractivity (Wildman–Crippen MR) is 104 cm³/mol. The first kappa shape index (κ1) is 18.1. The highest BCUT2D eigenvalue weighted by atomic mass is 32.1. The maximum Gasteiger partial charge on any atom is 0.257 e. The van der Waals surface area contributed by atoms with Gasteiger partial charge in [0, 0.05) is 42.2 Å². The fraction of sp³-hybridized carbons (Fsp3) is 0.421. The van der Waals surface area contributed by atoms with Crippen molar-refractivity contribution in [1.29, 1.82) is 0 Å². The molecular formula is C19H22N4O3S. The van der Waals surface area contributed by atoms with Gasteiger partial charge in [-0.15, -0.1) is 11.3 Å². The van der Waals surface area contributed by atoms with Crippen LogP contribution in [0.2, 0.25) is 0 Å². The van der Waals surface area contributed by atoms with Crippen LogP contribution in [0, 0.1) is 5.92 Å². The number of benzene rings is 1. The SMILES string of the molecule is O=C(Nc1nc(CN2CCOCC2)cs1)c1cccc(NC(=O)C2CC2)c1. The van der Waals surface area contributed by atoms with Crippen LogP contribution in [0.15, 0.2) is 29.6 Å². The maximum atomic E-state index is 12.5. The summed E-state index contributed by atoms with van der Waals surface area (Å²) in [6.45, 7) is 4.07. The van der Waals surface area contributed by atoms with E-state index in [-0.39, 0.29) is 17.7 Å². The van der Waals surface area contributed by atoms with Crippen molar-refractivity contribution in [2.24, 2.45) is 5.92 Å². The van der Waals surface area contributed by atoms with Gasteiger partial charge >= 0.3 is 0 Å². The highest BCUT2D eigenvalue weighted by molar-refractivity contribution is 7.14. The number of nitrogens with one attached hydrogen (secondary N) is 2. The largest absolute Gasteiger partial charge is 0.379 e. The second-order valence-electron chi connectivity index (χ2n) is 6.83. The summed E-state index contributed by atoms with van der Waals surface area (Å²) in [7, 11) is 0. The molecule has 2 aromatic rings. The number of hydrogen-bond acceptors (Lipinski definition) is 6. The molecule has 2 amide bonds. The van der Waals surface area contributed by atoms with Crippen LogP contribution in [0.1, 0.15) is 28.9 Å². The molecule has 1 aliphatic carbocycles. The number of nitrogens with zero attached hydrogens (tertiary/aromatic N) is 2. The van der Waals surface area contributed by atoms with Crippen molar-refractivity contribution in [3.63, 3.8) is 0 Å². The molecule has 0 bridgehead atoms. The number of carbonyl (C=O) groups excluding carboxylic acids is 2. The zero-order valence-electron chi connectivity index (χ0n) is 14.9. The van der Waals surface area contributed by atoms with Crippen molar-refractivity contribution in [3.8, 4) is 0 Å². The van der Waals surface area contributed by atoms with Crippen LogP contribution < -0.4 is 10.6 Å². The number of thiazole rings is 1. The van der Waals surface area contributed by atoms with Gasteiger partial charge in [0.25, 0.3) is 5.91 Å². The number of amides is 2. The van der Waals surface area contributed by atoms with Crippen molar-refractivity contribution >= 4 is 34.0 Å². The van der Waals surface area contributed by atoms with Gasteiger partial charge in [0.1, 0.15) is 0 Å². The van der Waals surface area contributed by atoms with Gasteiger partial charge in [-0.3, -0.25) is 19.8 Å². The van der Waals surface area contributed by atoms with Crippen molar-refractivity contribution in [2.75, 3.05) is 36.9 Å². The van der Waals surface area contributed by atoms with Gasteiger partial charge in [-0.05, 0) is 31.0 Å². The van der Waals surface area contributed by atoms with Crippen LogP contribution in [0.5, 0.6) is 0 Å². The lowest BCUT2D eigenvalue weighted by Crippen LogP contribution is -2.35. The Morgan fingerprint density at radius 2 is 2.04 bits per heavy atom. The van der Waals surface area contributed by atoms with E-state index in [0.717, 1.165) is 51.4 Å². The Hall–Kier alpha value is -2.29. The number of ether oxygens (including phenoxy) is 1. The van der Waals surface area contributed by atoms with E-state index < -0.39 is 0 Å². The van der Waals surface area contributed by atoms with Gasteiger partial charge in [0.15, 0.2) is 5.13 Å². The molecule has 1 aliphatic heterocycles. The minimum atomic E-state index is -0.232. The molecule has 0 atom stereocenters. The summed E-state index contributed by atoms with van der Waals surface area (Å²) < 4.78 is 5.35. The molecule has 1 saturated carbocycles. The first-order valence-corrected chi connectivity index (χ1v) is 10.0. The average molecular weight is 386 g/mol. The highest BCUT2D eigenvalue weighted by Gasteiger charge is 2.29. The van der Waals surface area contributed by atoms with Crippen LogP contribution >= 0.6 is 11.3 Å². The lowest BCUT2D eigenvalue weighted by atomic mass is 10.2. The van der Waals surface area contributed by atoms with Gasteiger partial charge in [0.05, 0.1) is 18.9 Å². The van der Waals surface area contributed by atoms with Crippen LogP contribution in [0.4, 0.5) is 10.8 Å². The summed E-state index contributed by atoms with van der Waals surface area (Å²) in [6.07, 6.45) is 1.89. The molecule has 0 unspecified atom stereocenters. The molecule has 2 fully saturated rings. The number of morpholine rings is 1. The highest BCUT2D eigenvalue weighted by Crippen LogP contribution is 2.30. The maximum absolute atomic E-state index is 12.5. The molecule has 0 radical (unpaired) electrons. The molecule has 142 valence electrons. The van der Waals surface area contributed by atoms with E-state index in [1.165, 1.54) is 11.3 Å². The third-order valence-corrected chi connectivity index (χ3v) is 5.41. The summed E-state index contributed by atoms with van der Waals surface area (Å²) >= 11 is 1.42. The predicted octanol–water partition coefficient (Wildman–Crippen LogP) is 2.58. The first-order valence-electron chi connectivity index (χ1n) is 9.14. The van der Waals surface area contributed by atoms with Crippen LogP contribution in [-0.2, 0) is 16.1 Å². The standard InChI is InChI=1S/C19H22N4O3S/c24-17(13-4-5-13)20-15-3-1-2-14(10-15)18(25)22-19-21-16(12-27-19)11-23-6-8-26-9-7-23/h1-3,10,12-13H,4-9,11H2,(H,20,24)(H,21,22,25). The number of hydrogen-bond donors (Lipinski definition) is 2. The Morgan fingerprint density at radius 1 is 1.22 bits per heavy atom. The Labute approximate surface area is 161 Å². The summed E-state index contributed by atoms with van der Waals surface area (Å²) in [5.74, 6) is -0.0762. The second-order valence-corrected chi connectivity index (χ2v) is 7.69. The molecule has 1 saturated heterocycles. The van der Waals surface area contributed by atoms with Gasteiger partial charge < -0.3 is 10.1 Å². The van der Waals surface area contributed by atoms with Gasteiger partial charge in [-0.25, -0.2) is 4.98 Å². The number of rotatable bonds is 6. The third-order valence-electron chi connectivity index (χ3n) is 4.60. The number of aromatic nitrogens is 1. The molecule has 27 heavy (non-hydrogen) atoms. The summed E-state index contributed by atoms with van der Waals surface area (Å²) in [4.78, 5) is 31.2. The Kier molecular flexibility index (Phi) is 5.47. The minimum Gasteiger partial charge on any atom is -0.379 e. The lowest BCUT2D eigenvalue weighted by Gasteiger charge is -2.25. The van der Waals surface area contributed by atoms with Gasteiger partial charge in [0.2, 0.25) is 5.91 Å². The van der Waals surface area contributed by atoms with Crippen molar-refractivity contribution < 1.29 is 14.3 Å². The second kappa shape index (κ2) is 8.16. The Bertz CT molecular complexity index is 828. The number of anilines is 2. The van der Waals surface area contributed by atoms with Gasteiger partial charge in [-0.2, -0.15) is 0 Å². The molecule has 1 aromatic heterocycles. The van der Waals surface area contributed by atoms with Crippen LogP contribution in [-0.4, -0.2) is 48.0 Å². The molecule has 2 N–H and O–H groups in total. The molecule has 8 heteroatoms. The molecular weight excluding hydrogens is 364 g/mol. The smallest absolute Gasteiger partial charge is 0.257 e. The minimum absolute atomic E-state index is 0.0280. The molecule has 1 aromatic carbocycles. The van der Waals surface area contributed by atoms with E-state index in [4.69, 9.17) is 4.74 Å². The van der Waals surface area contributed by atoms with Crippen molar-refractivity contribution in [3.05, 3.63) is 40.9 Å². The van der Waals surface area contributed by atoms with E-state index in [1.54, 1.807) is 24.3 Å². The average Bonchev–Trinajstić information content (AvgIpc) is 3.45. The molecule has 0 spiro atoms. The van der Waals surface area contributed by atoms with E-state index in [9.17, 15) is 9.59 Å². The van der Waals surface area contributed by atoms with E-state index in [2.05, 4.69) is 20.5 Å². The number of carbonyl (C=O) groups is 2. The quantitative estimate of drug-likeness (QED) is 0.797. The van der Waals surface area contributed by atoms with Gasteiger partial charge in [-0.1, -0.05) is 6.07 Å². The van der Waals surface area contributed by atoms with Crippen LogP contribution in [0.25, 0.3) is 0 Å². The summed E-state index contributed by atoms with van der Waals surface area (Å²) in [6, 6.07) is 6.98. The fourth-order valence-electron chi connectivity index (χ4n) is 2.92. The summed E-state index contributed by atoms with van der Waals surface area (Å²) in [5.41, 5.74) is 2.09. The Balaban J connectivity index is 1.35. The normalized spacial score (nSPS) is 17.5. The summed E-state index contributed by atoms with van der Waals surface area (Å²) in [5, 5.41) is 8.26. The van der Waals surface area contributed by atoms with Crippen molar-refractivity contribution in [2.45, 2.75) is 19.4 Å². The third kappa shape index (κ3) is 4.91. The van der Waals surface area contributed by atoms with E-state index in [0.29, 0.717) is 16.4 Å². The first-order chi connectivity index (χ1) is 13.2. The molecule has 4 rings (SSSR count). The van der Waals surface area contributed by atoms with E-state index >= 15 is 0 Å². The van der Waals surface area contributed by atoms with Crippen molar-refractivity contribution in [1.82, 2.24) is 9.88 Å². The topological polar surface area (TPSA) is 83.6 Å². The monoisotopic (exact) mass is 386 g/mol. The molecule has 2 aliphatic rings. The zero-order chi connectivity index (χ0) is 18.6. The lowest BCUT2D eigenvalue weighted by molar-refractivity contribution is -0.117. The zero-order valence-corrected chi connectivity index (χ0v) is 15.8. The van der Waals surface area contributed by atoms with Crippen LogP contribution in [0.3, 0.4) is 0 Å². The fourth-order valence-corrected chi connectivity index (χ4v) is 3.62.